The van der Waals surface area contributed by atoms with Gasteiger partial charge in [-0.2, -0.15) is 0 Å². The van der Waals surface area contributed by atoms with E-state index in [0.717, 1.165) is 37.8 Å². The lowest BCUT2D eigenvalue weighted by molar-refractivity contribution is -0.140. The quantitative estimate of drug-likeness (QED) is 0.692. The number of amides is 3. The van der Waals surface area contributed by atoms with E-state index in [1.165, 1.54) is 27.2 Å². The third-order valence-electron chi connectivity index (χ3n) is 6.57. The molecule has 148 valence electrons. The summed E-state index contributed by atoms with van der Waals surface area (Å²) in [5.74, 6) is -0.642. The third-order valence-corrected chi connectivity index (χ3v) is 6.57. The van der Waals surface area contributed by atoms with E-state index < -0.39 is 0 Å². The van der Waals surface area contributed by atoms with Gasteiger partial charge in [-0.15, -0.1) is 0 Å². The molecule has 5 nitrogen and oxygen atoms in total. The van der Waals surface area contributed by atoms with Crippen molar-refractivity contribution in [2.24, 2.45) is 11.8 Å². The van der Waals surface area contributed by atoms with Gasteiger partial charge in [0.2, 0.25) is 17.7 Å². The summed E-state index contributed by atoms with van der Waals surface area (Å²) in [5.41, 5.74) is 5.74. The zero-order chi connectivity index (χ0) is 20.0. The van der Waals surface area contributed by atoms with Crippen molar-refractivity contribution in [2.75, 3.05) is 11.9 Å². The van der Waals surface area contributed by atoms with Gasteiger partial charge in [0.1, 0.15) is 0 Å². The van der Waals surface area contributed by atoms with Crippen molar-refractivity contribution in [3.05, 3.63) is 53.6 Å². The maximum Gasteiger partial charge on any atom is 0.233 e. The van der Waals surface area contributed by atoms with Crippen molar-refractivity contribution in [1.82, 2.24) is 4.90 Å². The lowest BCUT2D eigenvalue weighted by atomic mass is 9.81. The predicted molar refractivity (Wildman–Crippen MR) is 110 cm³/mol. The first-order valence-corrected chi connectivity index (χ1v) is 10.5. The Hall–Kier alpha value is -2.95. The highest BCUT2D eigenvalue weighted by molar-refractivity contribution is 6.05. The molecule has 0 aromatic heterocycles. The minimum atomic E-state index is -0.170. The largest absolute Gasteiger partial charge is 0.326 e. The second-order valence-electron chi connectivity index (χ2n) is 8.33. The molecule has 1 heterocycles. The molecule has 2 aromatic rings. The van der Waals surface area contributed by atoms with E-state index in [2.05, 4.69) is 23.5 Å². The van der Waals surface area contributed by atoms with Crippen LogP contribution in [0, 0.1) is 11.8 Å². The predicted octanol–water partition coefficient (Wildman–Crippen LogP) is 3.76. The zero-order valence-electron chi connectivity index (χ0n) is 16.3. The van der Waals surface area contributed by atoms with Gasteiger partial charge in [-0.1, -0.05) is 43.2 Å². The van der Waals surface area contributed by atoms with E-state index in [1.807, 2.05) is 24.3 Å². The Morgan fingerprint density at radius 2 is 1.62 bits per heavy atom. The molecule has 0 bridgehead atoms. The molecule has 2 atom stereocenters. The number of nitrogens with one attached hydrogen (secondary N) is 1. The fourth-order valence-corrected chi connectivity index (χ4v) is 5.11. The second-order valence-corrected chi connectivity index (χ2v) is 8.33. The standard InChI is InChI=1S/C24H24N2O3/c27-22(11-12-26-23(28)20-7-3-4-8-21(20)24(26)29)25-17-9-10-19-16(14-17)13-15-5-1-2-6-18(15)19/h1-2,5-6,9-10,14,20-21H,3-4,7-8,11-13H2,(H,25,27)/t20-,21-/m1/s1. The van der Waals surface area contributed by atoms with Crippen molar-refractivity contribution in [2.45, 2.75) is 38.5 Å². The number of hydrogen-bond donors (Lipinski definition) is 1. The SMILES string of the molecule is O=C(CCN1C(=O)[C@@H]2CCCC[C@H]2C1=O)Nc1ccc2c(c1)Cc1ccccc1-2. The van der Waals surface area contributed by atoms with Crippen LogP contribution in [0.25, 0.3) is 11.1 Å². The molecule has 3 amide bonds. The van der Waals surface area contributed by atoms with Crippen LogP contribution in [0.3, 0.4) is 0 Å². The monoisotopic (exact) mass is 388 g/mol. The summed E-state index contributed by atoms with van der Waals surface area (Å²) in [6.07, 6.45) is 4.63. The first kappa shape index (κ1) is 18.1. The van der Waals surface area contributed by atoms with Crippen LogP contribution < -0.4 is 5.32 Å². The topological polar surface area (TPSA) is 66.5 Å². The Labute approximate surface area is 170 Å². The summed E-state index contributed by atoms with van der Waals surface area (Å²) in [6, 6.07) is 14.3. The van der Waals surface area contributed by atoms with E-state index in [4.69, 9.17) is 0 Å². The highest BCUT2D eigenvalue weighted by Gasteiger charge is 2.47. The van der Waals surface area contributed by atoms with Gasteiger partial charge in [0.15, 0.2) is 0 Å². The highest BCUT2D eigenvalue weighted by Crippen LogP contribution is 2.39. The second kappa shape index (κ2) is 7.14. The molecule has 0 spiro atoms. The molecule has 1 saturated heterocycles. The summed E-state index contributed by atoms with van der Waals surface area (Å²) in [6.45, 7) is 0.173. The molecular weight excluding hydrogens is 364 g/mol. The Morgan fingerprint density at radius 1 is 0.931 bits per heavy atom. The van der Waals surface area contributed by atoms with Gasteiger partial charge in [-0.3, -0.25) is 19.3 Å². The molecule has 0 unspecified atom stereocenters. The average Bonchev–Trinajstić information content (AvgIpc) is 3.22. The van der Waals surface area contributed by atoms with E-state index in [1.54, 1.807) is 0 Å². The van der Waals surface area contributed by atoms with Gasteiger partial charge < -0.3 is 5.32 Å². The molecule has 1 saturated carbocycles. The summed E-state index contributed by atoms with van der Waals surface area (Å²) < 4.78 is 0. The van der Waals surface area contributed by atoms with Gasteiger partial charge in [-0.05, 0) is 53.6 Å². The first-order chi connectivity index (χ1) is 14.1. The summed E-state index contributed by atoms with van der Waals surface area (Å²) in [7, 11) is 0. The van der Waals surface area contributed by atoms with Gasteiger partial charge in [0.05, 0.1) is 11.8 Å². The molecule has 5 heteroatoms. The van der Waals surface area contributed by atoms with Gasteiger partial charge in [0.25, 0.3) is 0 Å². The smallest absolute Gasteiger partial charge is 0.233 e. The minimum absolute atomic E-state index is 0.0807. The van der Waals surface area contributed by atoms with Gasteiger partial charge >= 0.3 is 0 Å². The fraction of sp³-hybridized carbons (Fsp3) is 0.375. The number of benzene rings is 2. The van der Waals surface area contributed by atoms with Crippen molar-refractivity contribution in [3.8, 4) is 11.1 Å². The van der Waals surface area contributed by atoms with Gasteiger partial charge in [0, 0.05) is 18.7 Å². The van der Waals surface area contributed by atoms with Crippen molar-refractivity contribution in [3.63, 3.8) is 0 Å². The van der Waals surface area contributed by atoms with Crippen LogP contribution >= 0.6 is 0 Å². The van der Waals surface area contributed by atoms with Crippen LogP contribution in [0.4, 0.5) is 5.69 Å². The lowest BCUT2D eigenvalue weighted by Crippen LogP contribution is -2.34. The maximum atomic E-state index is 12.5. The molecule has 29 heavy (non-hydrogen) atoms. The average molecular weight is 388 g/mol. The molecule has 2 aliphatic carbocycles. The van der Waals surface area contributed by atoms with Crippen LogP contribution in [-0.4, -0.2) is 29.2 Å². The zero-order valence-corrected chi connectivity index (χ0v) is 16.3. The number of nitrogens with zero attached hydrogens (tertiary/aromatic N) is 1. The number of fused-ring (bicyclic) bond motifs is 4. The molecule has 0 radical (unpaired) electrons. The van der Waals surface area contributed by atoms with Crippen molar-refractivity contribution >= 4 is 23.4 Å². The van der Waals surface area contributed by atoms with Crippen LogP contribution in [0.5, 0.6) is 0 Å². The number of rotatable bonds is 4. The lowest BCUT2D eigenvalue weighted by Gasteiger charge is -2.19. The normalized spacial score (nSPS) is 22.3. The Kier molecular flexibility index (Phi) is 4.46. The summed E-state index contributed by atoms with van der Waals surface area (Å²) in [5, 5.41) is 2.93. The summed E-state index contributed by atoms with van der Waals surface area (Å²) >= 11 is 0. The van der Waals surface area contributed by atoms with E-state index >= 15 is 0 Å². The molecule has 2 fully saturated rings. The van der Waals surface area contributed by atoms with Crippen LogP contribution in [0.2, 0.25) is 0 Å². The number of hydrogen-bond acceptors (Lipinski definition) is 3. The van der Waals surface area contributed by atoms with E-state index in [-0.39, 0.29) is 42.5 Å². The third kappa shape index (κ3) is 3.15. The maximum absolute atomic E-state index is 12.5. The molecule has 1 N–H and O–H groups in total. The first-order valence-electron chi connectivity index (χ1n) is 10.5. The van der Waals surface area contributed by atoms with E-state index in [0.29, 0.717) is 0 Å². The van der Waals surface area contributed by atoms with Gasteiger partial charge in [-0.25, -0.2) is 0 Å². The molecular formula is C24H24N2O3. The Bertz CT molecular complexity index is 989. The highest BCUT2D eigenvalue weighted by atomic mass is 16.2. The van der Waals surface area contributed by atoms with Crippen molar-refractivity contribution in [1.29, 1.82) is 0 Å². The molecule has 2 aromatic carbocycles. The van der Waals surface area contributed by atoms with E-state index in [9.17, 15) is 14.4 Å². The minimum Gasteiger partial charge on any atom is -0.326 e. The Morgan fingerprint density at radius 3 is 2.38 bits per heavy atom. The number of anilines is 1. The molecule has 3 aliphatic rings. The van der Waals surface area contributed by atoms with Crippen LogP contribution in [0.15, 0.2) is 42.5 Å². The number of likely N-dealkylation sites (tertiary alicyclic amines) is 1. The number of imide groups is 1. The van der Waals surface area contributed by atoms with Crippen LogP contribution in [-0.2, 0) is 20.8 Å². The van der Waals surface area contributed by atoms with Crippen molar-refractivity contribution < 1.29 is 14.4 Å². The van der Waals surface area contributed by atoms with Crippen LogP contribution in [0.1, 0.15) is 43.2 Å². The number of carbonyl (C=O) groups excluding carboxylic acids is 3. The fourth-order valence-electron chi connectivity index (χ4n) is 5.11. The molecule has 1 aliphatic heterocycles. The Balaban J connectivity index is 1.21. The summed E-state index contributed by atoms with van der Waals surface area (Å²) in [4.78, 5) is 38.8. The number of carbonyl (C=O) groups is 3. The molecule has 5 rings (SSSR count).